The van der Waals surface area contributed by atoms with Gasteiger partial charge in [0.05, 0.1) is 23.7 Å². The predicted molar refractivity (Wildman–Crippen MR) is 163 cm³/mol. The second-order valence-corrected chi connectivity index (χ2v) is 17.2. The van der Waals surface area contributed by atoms with E-state index in [0.717, 1.165) is 56.9 Å². The molecule has 1 aromatic rings. The van der Waals surface area contributed by atoms with Crippen LogP contribution in [0.2, 0.25) is 0 Å². The number of aliphatic hydroxyl groups excluding tert-OH is 2. The number of carbonyl (C=O) groups is 1. The number of hydrogen-bond donors (Lipinski definition) is 3. The summed E-state index contributed by atoms with van der Waals surface area (Å²) in [6, 6.07) is 6.59. The van der Waals surface area contributed by atoms with Gasteiger partial charge in [-0.3, -0.25) is 0 Å². The molecule has 3 N–H and O–H groups in total. The average molecular weight is 604 g/mol. The van der Waals surface area contributed by atoms with Gasteiger partial charge in [0.1, 0.15) is 0 Å². The molecule has 1 amide bonds. The molecule has 1 aromatic carbocycles. The molecule has 0 aliphatic heterocycles. The number of sulfonamides is 1. The molecule has 4 saturated carbocycles. The van der Waals surface area contributed by atoms with Gasteiger partial charge in [-0.05, 0) is 121 Å². The van der Waals surface area contributed by atoms with Crippen LogP contribution in [0.15, 0.2) is 29.2 Å². The highest BCUT2D eigenvalue weighted by molar-refractivity contribution is 7.90. The molecule has 0 bridgehead atoms. The van der Waals surface area contributed by atoms with E-state index in [9.17, 15) is 23.4 Å². The summed E-state index contributed by atoms with van der Waals surface area (Å²) in [5.74, 6) is 2.16. The third-order valence-corrected chi connectivity index (χ3v) is 13.9. The number of benzene rings is 1. The highest BCUT2D eigenvalue weighted by atomic mass is 32.2. The van der Waals surface area contributed by atoms with E-state index in [1.807, 2.05) is 0 Å². The molecule has 0 radical (unpaired) electrons. The summed E-state index contributed by atoms with van der Waals surface area (Å²) in [5.41, 5.74) is 1.15. The maximum absolute atomic E-state index is 12.8. The third-order valence-electron chi connectivity index (χ3n) is 12.5. The van der Waals surface area contributed by atoms with Gasteiger partial charge in [-0.15, -0.1) is 0 Å². The highest BCUT2D eigenvalue weighted by Crippen LogP contribution is 2.69. The maximum atomic E-state index is 12.8. The van der Waals surface area contributed by atoms with Crippen LogP contribution in [-0.2, 0) is 20.2 Å². The largest absolute Gasteiger partial charge is 0.449 e. The van der Waals surface area contributed by atoms with Crippen molar-refractivity contribution in [2.24, 2.45) is 46.3 Å². The first kappa shape index (κ1) is 31.8. The minimum absolute atomic E-state index is 0.0372. The summed E-state index contributed by atoms with van der Waals surface area (Å²) in [6.07, 6.45) is 7.15. The number of fused-ring (bicyclic) bond motifs is 5. The molecule has 5 rings (SSSR count). The molecule has 4 fully saturated rings. The molecule has 42 heavy (non-hydrogen) atoms. The Hall–Kier alpha value is -1.64. The smallest absolute Gasteiger partial charge is 0.421 e. The molecule has 0 unspecified atom stereocenters. The van der Waals surface area contributed by atoms with E-state index < -0.39 is 16.1 Å². The van der Waals surface area contributed by atoms with Crippen molar-refractivity contribution in [2.45, 2.75) is 122 Å². The Morgan fingerprint density at radius 2 is 1.62 bits per heavy atom. The lowest BCUT2D eigenvalue weighted by atomic mass is 9.41. The van der Waals surface area contributed by atoms with E-state index in [2.05, 4.69) is 46.3 Å². The lowest BCUT2D eigenvalue weighted by molar-refractivity contribution is -0.202. The summed E-state index contributed by atoms with van der Waals surface area (Å²) in [6.45, 7) is 13.4. The first-order chi connectivity index (χ1) is 19.6. The molecule has 0 heterocycles. The van der Waals surface area contributed by atoms with Crippen LogP contribution in [0.1, 0.15) is 105 Å². The van der Waals surface area contributed by atoms with Gasteiger partial charge in [-0.2, -0.15) is 0 Å². The normalized spacial score (nSPS) is 40.0. The van der Waals surface area contributed by atoms with Crippen LogP contribution in [0.5, 0.6) is 0 Å². The second kappa shape index (κ2) is 11.4. The predicted octanol–water partition coefficient (Wildman–Crippen LogP) is 6.42. The minimum Gasteiger partial charge on any atom is -0.449 e. The lowest BCUT2D eigenvalue weighted by Crippen LogP contribution is -2.62. The molecular formula is C34H53NO6S. The van der Waals surface area contributed by atoms with Gasteiger partial charge >= 0.3 is 6.09 Å². The number of aliphatic hydroxyl groups is 2. The van der Waals surface area contributed by atoms with Gasteiger partial charge in [0.25, 0.3) is 10.0 Å². The van der Waals surface area contributed by atoms with Crippen LogP contribution in [0.25, 0.3) is 0 Å². The molecule has 7 nitrogen and oxygen atoms in total. The quantitative estimate of drug-likeness (QED) is 0.346. The molecular weight excluding hydrogens is 550 g/mol. The van der Waals surface area contributed by atoms with Gasteiger partial charge < -0.3 is 14.9 Å². The maximum Gasteiger partial charge on any atom is 0.421 e. The fourth-order valence-corrected chi connectivity index (χ4v) is 11.1. The van der Waals surface area contributed by atoms with Crippen LogP contribution in [-0.4, -0.2) is 43.5 Å². The zero-order valence-electron chi connectivity index (χ0n) is 26.4. The SMILES string of the molecule is CC[C@H]1[C@@H](O)[C@@H]2[C@H](CC[C@]3(C)[C@@H](CCOC(=O)NS(=O)(=O)c4ccc(C(C)(C)C)cc4)CC[C@@H]23)[C@@]2(C)CC[C@@H](O)C[C@@H]12. The Kier molecular flexibility index (Phi) is 8.60. The van der Waals surface area contributed by atoms with Crippen LogP contribution in [0.3, 0.4) is 0 Å². The van der Waals surface area contributed by atoms with Crippen LogP contribution < -0.4 is 4.72 Å². The van der Waals surface area contributed by atoms with Crippen LogP contribution >= 0.6 is 0 Å². The van der Waals surface area contributed by atoms with E-state index >= 15 is 0 Å². The number of hydrogen-bond acceptors (Lipinski definition) is 6. The number of rotatable bonds is 6. The van der Waals surface area contributed by atoms with Crippen LogP contribution in [0, 0.1) is 46.3 Å². The van der Waals surface area contributed by atoms with E-state index in [4.69, 9.17) is 4.74 Å². The number of nitrogens with one attached hydrogen (secondary N) is 1. The van der Waals surface area contributed by atoms with Gasteiger partial charge in [0, 0.05) is 0 Å². The Morgan fingerprint density at radius 3 is 2.26 bits per heavy atom. The number of amides is 1. The Labute approximate surface area is 253 Å². The van der Waals surface area contributed by atoms with Crippen molar-refractivity contribution in [1.29, 1.82) is 0 Å². The summed E-state index contributed by atoms with van der Waals surface area (Å²) < 4.78 is 33.0. The standard InChI is InChI=1S/C34H53NO6S/c1-7-25-28-20-23(36)14-17-34(28,6)27-15-18-33(5)22(10-13-26(33)29(27)30(25)37)16-19-41-31(38)35-42(39,40)24-11-8-21(9-12-24)32(2,3)4/h8-9,11-12,22-23,25-30,36-37H,7,10,13-20H2,1-6H3,(H,35,38)/t22-,23-,25-,26+,27+,28+,29+,30-,33-,34-/m1/s1. The Balaban J connectivity index is 1.21. The Morgan fingerprint density at radius 1 is 0.976 bits per heavy atom. The van der Waals surface area contributed by atoms with Crippen molar-refractivity contribution in [1.82, 2.24) is 4.72 Å². The molecule has 4 aliphatic rings. The Bertz CT molecular complexity index is 1240. The summed E-state index contributed by atoms with van der Waals surface area (Å²) >= 11 is 0. The van der Waals surface area contributed by atoms with Crippen molar-refractivity contribution in [3.05, 3.63) is 29.8 Å². The lowest BCUT2D eigenvalue weighted by Gasteiger charge is -2.64. The molecule has 0 aromatic heterocycles. The van der Waals surface area contributed by atoms with Gasteiger partial charge in [0.2, 0.25) is 0 Å². The van der Waals surface area contributed by atoms with E-state index in [1.54, 1.807) is 12.1 Å². The average Bonchev–Trinajstić information content (AvgIpc) is 3.25. The molecule has 10 atom stereocenters. The van der Waals surface area contributed by atoms with Crippen molar-refractivity contribution >= 4 is 16.1 Å². The minimum atomic E-state index is -4.02. The fraction of sp³-hybridized carbons (Fsp3) is 0.794. The monoisotopic (exact) mass is 603 g/mol. The van der Waals surface area contributed by atoms with Gasteiger partial charge in [-0.25, -0.2) is 17.9 Å². The van der Waals surface area contributed by atoms with Gasteiger partial charge in [-0.1, -0.05) is 60.1 Å². The first-order valence-electron chi connectivity index (χ1n) is 16.3. The van der Waals surface area contributed by atoms with E-state index in [0.29, 0.717) is 30.1 Å². The molecule has 4 aliphatic carbocycles. The highest BCUT2D eigenvalue weighted by Gasteiger charge is 2.64. The molecule has 0 saturated heterocycles. The topological polar surface area (TPSA) is 113 Å². The third kappa shape index (κ3) is 5.53. The van der Waals surface area contributed by atoms with Crippen LogP contribution in [0.4, 0.5) is 4.79 Å². The molecule has 0 spiro atoms. The number of ether oxygens (including phenoxy) is 1. The van der Waals surface area contributed by atoms with E-state index in [-0.39, 0.29) is 51.8 Å². The second-order valence-electron chi connectivity index (χ2n) is 15.5. The molecule has 236 valence electrons. The van der Waals surface area contributed by atoms with Crippen molar-refractivity contribution in [2.75, 3.05) is 6.61 Å². The molecule has 8 heteroatoms. The fourth-order valence-electron chi connectivity index (χ4n) is 10.2. The summed E-state index contributed by atoms with van der Waals surface area (Å²) in [4.78, 5) is 12.6. The zero-order valence-corrected chi connectivity index (χ0v) is 27.3. The van der Waals surface area contributed by atoms with Gasteiger partial charge in [0.15, 0.2) is 0 Å². The summed E-state index contributed by atoms with van der Waals surface area (Å²) in [5, 5.41) is 22.3. The number of carbonyl (C=O) groups excluding carboxylic acids is 1. The van der Waals surface area contributed by atoms with Crippen molar-refractivity contribution < 1.29 is 28.2 Å². The van der Waals surface area contributed by atoms with Crippen molar-refractivity contribution in [3.63, 3.8) is 0 Å². The van der Waals surface area contributed by atoms with E-state index in [1.165, 1.54) is 12.1 Å². The first-order valence-corrected chi connectivity index (χ1v) is 17.8. The zero-order chi connectivity index (χ0) is 30.7. The summed E-state index contributed by atoms with van der Waals surface area (Å²) in [7, 11) is -4.02. The van der Waals surface area contributed by atoms with Crippen molar-refractivity contribution in [3.8, 4) is 0 Å².